The molecule has 1 aliphatic rings. The number of allylic oxidation sites excluding steroid dienone is 4. The molecule has 0 fully saturated rings. The van der Waals surface area contributed by atoms with E-state index in [1.807, 2.05) is 0 Å². The van der Waals surface area contributed by atoms with Crippen molar-refractivity contribution in [3.63, 3.8) is 0 Å². The highest BCUT2D eigenvalue weighted by Crippen LogP contribution is 2.38. The van der Waals surface area contributed by atoms with Gasteiger partial charge in [0, 0.05) is 0 Å². The third-order valence-corrected chi connectivity index (χ3v) is 1.86. The van der Waals surface area contributed by atoms with Crippen molar-refractivity contribution >= 4 is 9.24 Å². The zero-order valence-corrected chi connectivity index (χ0v) is 6.18. The number of hydrogen-bond acceptors (Lipinski definition) is 0. The Morgan fingerprint density at radius 2 is 2.00 bits per heavy atom. The van der Waals surface area contributed by atoms with Gasteiger partial charge in [0.15, 0.2) is 0 Å². The maximum absolute atomic E-state index is 11.9. The summed E-state index contributed by atoms with van der Waals surface area (Å²) in [4.78, 5) is 0. The molecule has 0 aromatic carbocycles. The number of rotatable bonds is 0. The average Bonchev–Trinajstić information content (AvgIpc) is 2.11. The summed E-state index contributed by atoms with van der Waals surface area (Å²) in [6.07, 6.45) is -0.119. The minimum Gasteiger partial charge on any atom is -0.170 e. The van der Waals surface area contributed by atoms with Gasteiger partial charge in [0.2, 0.25) is 0 Å². The Labute approximate surface area is 59.0 Å². The van der Waals surface area contributed by atoms with Crippen LogP contribution in [0.1, 0.15) is 0 Å². The summed E-state index contributed by atoms with van der Waals surface area (Å²) in [7, 11) is 2.08. The minimum absolute atomic E-state index is 0.285. The van der Waals surface area contributed by atoms with Gasteiger partial charge >= 0.3 is 6.18 Å². The van der Waals surface area contributed by atoms with Crippen molar-refractivity contribution in [3.8, 4) is 0 Å². The molecule has 2 atom stereocenters. The lowest BCUT2D eigenvalue weighted by Gasteiger charge is -2.13. The van der Waals surface area contributed by atoms with Gasteiger partial charge in [-0.15, -0.1) is 9.24 Å². The molecule has 0 aromatic rings. The van der Waals surface area contributed by atoms with Crippen molar-refractivity contribution in [2.24, 2.45) is 5.92 Å². The zero-order valence-electron chi connectivity index (χ0n) is 5.02. The van der Waals surface area contributed by atoms with Gasteiger partial charge in [-0.1, -0.05) is 18.2 Å². The summed E-state index contributed by atoms with van der Waals surface area (Å²) >= 11 is 0. The van der Waals surface area contributed by atoms with Gasteiger partial charge in [-0.2, -0.15) is 13.2 Å². The first-order valence-electron chi connectivity index (χ1n) is 2.72. The molecule has 1 rings (SSSR count). The van der Waals surface area contributed by atoms with Crippen molar-refractivity contribution in [2.45, 2.75) is 6.18 Å². The summed E-state index contributed by atoms with van der Waals surface area (Å²) in [5, 5.41) is 0.285. The van der Waals surface area contributed by atoms with Crippen LogP contribution >= 0.6 is 9.24 Å². The van der Waals surface area contributed by atoms with E-state index in [0.717, 1.165) is 6.08 Å². The monoisotopic (exact) mass is 166 g/mol. The lowest BCUT2D eigenvalue weighted by molar-refractivity contribution is -0.149. The lowest BCUT2D eigenvalue weighted by Crippen LogP contribution is -2.19. The predicted molar refractivity (Wildman–Crippen MR) is 36.5 cm³/mol. The van der Waals surface area contributed by atoms with Gasteiger partial charge in [0.05, 0.1) is 5.92 Å². The van der Waals surface area contributed by atoms with E-state index in [1.54, 1.807) is 0 Å². The maximum atomic E-state index is 11.9. The molecule has 0 heterocycles. The number of halogens is 3. The molecule has 0 radical (unpaired) electrons. The van der Waals surface area contributed by atoms with Crippen LogP contribution in [0.25, 0.3) is 0 Å². The Balaban J connectivity index is 2.76. The second kappa shape index (κ2) is 2.39. The summed E-state index contributed by atoms with van der Waals surface area (Å²) in [6, 6.07) is 0. The first kappa shape index (κ1) is 7.80. The van der Waals surface area contributed by atoms with Crippen molar-refractivity contribution in [1.29, 1.82) is 0 Å². The van der Waals surface area contributed by atoms with Crippen LogP contribution in [-0.2, 0) is 0 Å². The molecule has 1 aliphatic carbocycles. The smallest absolute Gasteiger partial charge is 0.170 e. The van der Waals surface area contributed by atoms with E-state index >= 15 is 0 Å². The van der Waals surface area contributed by atoms with Gasteiger partial charge < -0.3 is 0 Å². The lowest BCUT2D eigenvalue weighted by atomic mass is 10.2. The molecule has 0 nitrogen and oxygen atoms in total. The van der Waals surface area contributed by atoms with Gasteiger partial charge in [-0.3, -0.25) is 0 Å². The van der Waals surface area contributed by atoms with E-state index in [9.17, 15) is 13.2 Å². The van der Waals surface area contributed by atoms with E-state index in [0.29, 0.717) is 0 Å². The third kappa shape index (κ3) is 1.40. The first-order chi connectivity index (χ1) is 4.52. The largest absolute Gasteiger partial charge is 0.399 e. The molecule has 0 amide bonds. The highest BCUT2D eigenvalue weighted by Gasteiger charge is 2.39. The van der Waals surface area contributed by atoms with E-state index < -0.39 is 12.1 Å². The summed E-state index contributed by atoms with van der Waals surface area (Å²) < 4.78 is 35.7. The SMILES string of the molecule is FC(F)(F)C1C=CC=C1P. The molecule has 0 spiro atoms. The Morgan fingerprint density at radius 3 is 2.20 bits per heavy atom. The molecule has 10 heavy (non-hydrogen) atoms. The van der Waals surface area contributed by atoms with Crippen LogP contribution in [-0.4, -0.2) is 6.18 Å². The minimum atomic E-state index is -4.12. The average molecular weight is 166 g/mol. The molecule has 56 valence electrons. The summed E-state index contributed by atoms with van der Waals surface area (Å²) in [5.74, 6) is -1.38. The second-order valence-corrected chi connectivity index (χ2v) is 2.74. The zero-order chi connectivity index (χ0) is 7.78. The van der Waals surface area contributed by atoms with Crippen molar-refractivity contribution in [1.82, 2.24) is 0 Å². The molecule has 0 saturated carbocycles. The van der Waals surface area contributed by atoms with E-state index in [4.69, 9.17) is 0 Å². The molecule has 0 aliphatic heterocycles. The van der Waals surface area contributed by atoms with Crippen LogP contribution in [0, 0.1) is 5.92 Å². The fraction of sp³-hybridized carbons (Fsp3) is 0.333. The van der Waals surface area contributed by atoms with Crippen LogP contribution < -0.4 is 0 Å². The Bertz CT molecular complexity index is 190. The van der Waals surface area contributed by atoms with Gasteiger partial charge in [-0.05, 0) is 5.31 Å². The Hall–Kier alpha value is -0.300. The standard InChI is InChI=1S/C6H6F3P/c7-6(8,9)4-2-1-3-5(4)10/h1-4H,10H2. The first-order valence-corrected chi connectivity index (χ1v) is 3.30. The maximum Gasteiger partial charge on any atom is 0.399 e. The molecule has 0 bridgehead atoms. The molecule has 4 heteroatoms. The highest BCUT2D eigenvalue weighted by molar-refractivity contribution is 7.22. The number of alkyl halides is 3. The molecule has 0 saturated heterocycles. The second-order valence-electron chi connectivity index (χ2n) is 2.07. The summed E-state index contributed by atoms with van der Waals surface area (Å²) in [5.41, 5.74) is 0. The molecular weight excluding hydrogens is 160 g/mol. The van der Waals surface area contributed by atoms with Crippen molar-refractivity contribution < 1.29 is 13.2 Å². The van der Waals surface area contributed by atoms with Crippen LogP contribution in [0.3, 0.4) is 0 Å². The fourth-order valence-electron chi connectivity index (χ4n) is 0.791. The van der Waals surface area contributed by atoms with E-state index in [1.165, 1.54) is 12.2 Å². The van der Waals surface area contributed by atoms with Gasteiger partial charge in [0.25, 0.3) is 0 Å². The molecule has 0 aromatic heterocycles. The molecule has 0 N–H and O–H groups in total. The predicted octanol–water partition coefficient (Wildman–Crippen LogP) is 2.49. The highest BCUT2D eigenvalue weighted by atomic mass is 31.0. The van der Waals surface area contributed by atoms with E-state index in [2.05, 4.69) is 9.24 Å². The van der Waals surface area contributed by atoms with Crippen LogP contribution in [0.4, 0.5) is 13.2 Å². The number of hydrogen-bond donors (Lipinski definition) is 0. The fourth-order valence-corrected chi connectivity index (χ4v) is 1.20. The third-order valence-electron chi connectivity index (χ3n) is 1.30. The summed E-state index contributed by atoms with van der Waals surface area (Å²) in [6.45, 7) is 0. The van der Waals surface area contributed by atoms with Gasteiger partial charge in [-0.25, -0.2) is 0 Å². The molecular formula is C6H6F3P. The Kier molecular flexibility index (Phi) is 1.86. The topological polar surface area (TPSA) is 0 Å². The quantitative estimate of drug-likeness (QED) is 0.485. The normalized spacial score (nSPS) is 25.2. The van der Waals surface area contributed by atoms with E-state index in [-0.39, 0.29) is 5.31 Å². The van der Waals surface area contributed by atoms with Crippen molar-refractivity contribution in [2.75, 3.05) is 0 Å². The van der Waals surface area contributed by atoms with Crippen molar-refractivity contribution in [3.05, 3.63) is 23.5 Å². The van der Waals surface area contributed by atoms with Crippen LogP contribution in [0.15, 0.2) is 23.5 Å². The van der Waals surface area contributed by atoms with Crippen LogP contribution in [0.5, 0.6) is 0 Å². The van der Waals surface area contributed by atoms with Crippen LogP contribution in [0.2, 0.25) is 0 Å². The molecule has 2 unspecified atom stereocenters. The van der Waals surface area contributed by atoms with Gasteiger partial charge in [0.1, 0.15) is 0 Å². The Morgan fingerprint density at radius 1 is 1.40 bits per heavy atom.